The van der Waals surface area contributed by atoms with Crippen molar-refractivity contribution < 1.29 is 9.15 Å². The van der Waals surface area contributed by atoms with Crippen molar-refractivity contribution in [2.24, 2.45) is 10.5 Å². The molecular weight excluding hydrogens is 506 g/mol. The first kappa shape index (κ1) is 23.1. The standard InChI is InChI=1S/C28H24BrN3O3/c1-28(2,3)17-34-21-11-8-18(9-12-21)16-30-32-26(31-23-7-5-4-6-22(23)27(32)33)25-15-19-14-20(29)10-13-24(19)35-25/h4-16H,17H2,1-3H3. The molecule has 0 spiro atoms. The van der Waals surface area contributed by atoms with Crippen LogP contribution in [0.4, 0.5) is 0 Å². The minimum Gasteiger partial charge on any atom is -0.493 e. The molecule has 0 fully saturated rings. The SMILES string of the molecule is CC(C)(C)COc1ccc(C=Nn2c(-c3cc4cc(Br)ccc4o3)nc3ccccc3c2=O)cc1. The van der Waals surface area contributed by atoms with E-state index in [4.69, 9.17) is 14.1 Å². The highest BCUT2D eigenvalue weighted by molar-refractivity contribution is 9.10. The van der Waals surface area contributed by atoms with Crippen molar-refractivity contribution in [3.63, 3.8) is 0 Å². The lowest BCUT2D eigenvalue weighted by Gasteiger charge is -2.18. The van der Waals surface area contributed by atoms with Gasteiger partial charge >= 0.3 is 0 Å². The van der Waals surface area contributed by atoms with Crippen molar-refractivity contribution in [1.29, 1.82) is 0 Å². The molecule has 0 aliphatic heterocycles. The zero-order valence-electron chi connectivity index (χ0n) is 19.7. The monoisotopic (exact) mass is 529 g/mol. The molecular formula is C28H24BrN3O3. The van der Waals surface area contributed by atoms with E-state index >= 15 is 0 Å². The maximum atomic E-state index is 13.4. The van der Waals surface area contributed by atoms with Gasteiger partial charge in [-0.05, 0) is 71.6 Å². The predicted octanol–water partition coefficient (Wildman–Crippen LogP) is 6.88. The molecule has 35 heavy (non-hydrogen) atoms. The summed E-state index contributed by atoms with van der Waals surface area (Å²) in [5.74, 6) is 1.59. The molecule has 2 heterocycles. The van der Waals surface area contributed by atoms with Crippen LogP contribution in [0.5, 0.6) is 5.75 Å². The van der Waals surface area contributed by atoms with Crippen LogP contribution in [0.2, 0.25) is 0 Å². The zero-order valence-corrected chi connectivity index (χ0v) is 21.2. The van der Waals surface area contributed by atoms with Crippen LogP contribution in [0.25, 0.3) is 33.5 Å². The molecule has 6 nitrogen and oxygen atoms in total. The number of hydrogen-bond donors (Lipinski definition) is 0. The summed E-state index contributed by atoms with van der Waals surface area (Å²) in [5.41, 5.74) is 1.92. The smallest absolute Gasteiger partial charge is 0.282 e. The molecule has 5 aromatic rings. The van der Waals surface area contributed by atoms with Crippen molar-refractivity contribution in [3.8, 4) is 17.3 Å². The fraction of sp³-hybridized carbons (Fsp3) is 0.179. The van der Waals surface area contributed by atoms with Crippen LogP contribution in [0.3, 0.4) is 0 Å². The first-order chi connectivity index (χ1) is 16.8. The molecule has 0 amide bonds. The average Bonchev–Trinajstić information content (AvgIpc) is 3.25. The van der Waals surface area contributed by atoms with Gasteiger partial charge < -0.3 is 9.15 Å². The van der Waals surface area contributed by atoms with Gasteiger partial charge in [0.25, 0.3) is 5.56 Å². The van der Waals surface area contributed by atoms with Gasteiger partial charge in [0.15, 0.2) is 5.76 Å². The molecule has 3 aromatic carbocycles. The van der Waals surface area contributed by atoms with Crippen LogP contribution in [-0.4, -0.2) is 22.5 Å². The van der Waals surface area contributed by atoms with Gasteiger partial charge in [-0.1, -0.05) is 48.8 Å². The van der Waals surface area contributed by atoms with Gasteiger partial charge in [0.2, 0.25) is 5.82 Å². The summed E-state index contributed by atoms with van der Waals surface area (Å²) in [4.78, 5) is 18.1. The molecule has 0 aliphatic carbocycles. The Morgan fingerprint density at radius 3 is 2.60 bits per heavy atom. The number of nitrogens with zero attached hydrogens (tertiary/aromatic N) is 3. The number of aromatic nitrogens is 2. The van der Waals surface area contributed by atoms with Crippen LogP contribution in [-0.2, 0) is 0 Å². The molecule has 2 aromatic heterocycles. The van der Waals surface area contributed by atoms with E-state index in [9.17, 15) is 4.79 Å². The highest BCUT2D eigenvalue weighted by Gasteiger charge is 2.16. The van der Waals surface area contributed by atoms with Gasteiger partial charge in [-0.15, -0.1) is 0 Å². The van der Waals surface area contributed by atoms with Gasteiger partial charge in [0.05, 0.1) is 23.7 Å². The summed E-state index contributed by atoms with van der Waals surface area (Å²) in [6.07, 6.45) is 1.63. The minimum absolute atomic E-state index is 0.0769. The third-order valence-corrected chi connectivity index (χ3v) is 5.82. The first-order valence-corrected chi connectivity index (χ1v) is 12.0. The molecule has 176 valence electrons. The zero-order chi connectivity index (χ0) is 24.6. The first-order valence-electron chi connectivity index (χ1n) is 11.3. The molecule has 0 radical (unpaired) electrons. The lowest BCUT2D eigenvalue weighted by molar-refractivity contribution is 0.198. The number of ether oxygens (including phenoxy) is 1. The summed E-state index contributed by atoms with van der Waals surface area (Å²) < 4.78 is 14.1. The number of hydrogen-bond acceptors (Lipinski definition) is 5. The Labute approximate surface area is 211 Å². The van der Waals surface area contributed by atoms with Crippen molar-refractivity contribution in [1.82, 2.24) is 9.66 Å². The van der Waals surface area contributed by atoms with Crippen molar-refractivity contribution in [2.75, 3.05) is 6.61 Å². The fourth-order valence-electron chi connectivity index (χ4n) is 3.59. The molecule has 0 aliphatic rings. The predicted molar refractivity (Wildman–Crippen MR) is 143 cm³/mol. The summed E-state index contributed by atoms with van der Waals surface area (Å²) in [7, 11) is 0. The Hall–Kier alpha value is -3.71. The Bertz CT molecular complexity index is 1610. The molecule has 0 N–H and O–H groups in total. The molecule has 0 bridgehead atoms. The van der Waals surface area contributed by atoms with E-state index in [1.54, 1.807) is 12.3 Å². The number of para-hydroxylation sites is 1. The normalized spacial score (nSPS) is 12.1. The largest absolute Gasteiger partial charge is 0.493 e. The molecule has 7 heteroatoms. The number of furan rings is 1. The van der Waals surface area contributed by atoms with Crippen LogP contribution < -0.4 is 10.3 Å². The van der Waals surface area contributed by atoms with Crippen LogP contribution in [0, 0.1) is 5.41 Å². The molecule has 0 saturated carbocycles. The van der Waals surface area contributed by atoms with Crippen molar-refractivity contribution in [2.45, 2.75) is 20.8 Å². The van der Waals surface area contributed by atoms with Crippen molar-refractivity contribution in [3.05, 3.63) is 93.2 Å². The highest BCUT2D eigenvalue weighted by Crippen LogP contribution is 2.29. The Morgan fingerprint density at radius 2 is 1.83 bits per heavy atom. The van der Waals surface area contributed by atoms with Crippen LogP contribution in [0.15, 0.2) is 91.6 Å². The molecule has 0 atom stereocenters. The average molecular weight is 530 g/mol. The van der Waals surface area contributed by atoms with Gasteiger partial charge in [0, 0.05) is 9.86 Å². The minimum atomic E-state index is -0.270. The van der Waals surface area contributed by atoms with Gasteiger partial charge in [-0.2, -0.15) is 9.78 Å². The Balaban J connectivity index is 1.55. The van der Waals surface area contributed by atoms with E-state index in [1.807, 2.05) is 66.7 Å². The van der Waals surface area contributed by atoms with E-state index in [0.717, 1.165) is 21.2 Å². The maximum absolute atomic E-state index is 13.4. The topological polar surface area (TPSA) is 69.6 Å². The van der Waals surface area contributed by atoms with Crippen molar-refractivity contribution >= 4 is 44.0 Å². The Morgan fingerprint density at radius 1 is 1.06 bits per heavy atom. The highest BCUT2D eigenvalue weighted by atomic mass is 79.9. The lowest BCUT2D eigenvalue weighted by atomic mass is 9.99. The van der Waals surface area contributed by atoms with Gasteiger partial charge in [-0.25, -0.2) is 4.98 Å². The summed E-state index contributed by atoms with van der Waals surface area (Å²) in [5, 5.41) is 5.90. The molecule has 0 saturated heterocycles. The Kier molecular flexibility index (Phi) is 6.03. The quantitative estimate of drug-likeness (QED) is 0.232. The van der Waals surface area contributed by atoms with Crippen LogP contribution in [0.1, 0.15) is 26.3 Å². The van der Waals surface area contributed by atoms with Gasteiger partial charge in [-0.3, -0.25) is 4.79 Å². The third kappa shape index (κ3) is 5.05. The number of benzene rings is 3. The number of rotatable bonds is 5. The summed E-state index contributed by atoms with van der Waals surface area (Å²) >= 11 is 3.49. The lowest BCUT2D eigenvalue weighted by Crippen LogP contribution is -2.20. The summed E-state index contributed by atoms with van der Waals surface area (Å²) in [6, 6.07) is 22.4. The fourth-order valence-corrected chi connectivity index (χ4v) is 3.97. The van der Waals surface area contributed by atoms with E-state index in [2.05, 4.69) is 41.8 Å². The van der Waals surface area contributed by atoms with Gasteiger partial charge in [0.1, 0.15) is 11.3 Å². The maximum Gasteiger partial charge on any atom is 0.282 e. The molecule has 0 unspecified atom stereocenters. The van der Waals surface area contributed by atoms with E-state index < -0.39 is 0 Å². The second-order valence-electron chi connectivity index (χ2n) is 9.53. The van der Waals surface area contributed by atoms with E-state index in [1.165, 1.54) is 4.68 Å². The second kappa shape index (κ2) is 9.15. The summed E-state index contributed by atoms with van der Waals surface area (Å²) in [6.45, 7) is 7.00. The third-order valence-electron chi connectivity index (χ3n) is 5.33. The molecule has 5 rings (SSSR count). The number of fused-ring (bicyclic) bond motifs is 2. The number of halogens is 1. The van der Waals surface area contributed by atoms with Crippen LogP contribution >= 0.6 is 15.9 Å². The van der Waals surface area contributed by atoms with E-state index in [-0.39, 0.29) is 11.0 Å². The second-order valence-corrected chi connectivity index (χ2v) is 10.4. The van der Waals surface area contributed by atoms with E-state index in [0.29, 0.717) is 34.7 Å².